The predicted octanol–water partition coefficient (Wildman–Crippen LogP) is 15.3. The summed E-state index contributed by atoms with van der Waals surface area (Å²) in [5.41, 5.74) is 6.02. The van der Waals surface area contributed by atoms with Crippen molar-refractivity contribution in [3.8, 4) is 0 Å². The van der Waals surface area contributed by atoms with Gasteiger partial charge in [-0.2, -0.15) is 0 Å². The molecular weight excluding hydrogens is 857 g/mol. The maximum absolute atomic E-state index is 12.9. The van der Waals surface area contributed by atoms with Crippen LogP contribution in [0.25, 0.3) is 97.0 Å². The van der Waals surface area contributed by atoms with Gasteiger partial charge in [0, 0.05) is 0 Å². The first-order valence-electron chi connectivity index (χ1n) is 24.0. The van der Waals surface area contributed by atoms with E-state index in [0.29, 0.717) is 5.56 Å². The fourth-order valence-electron chi connectivity index (χ4n) is 11.7. The second-order valence-electron chi connectivity index (χ2n) is 19.2. The molecule has 0 saturated heterocycles. The topological polar surface area (TPSA) is 80.9 Å². The maximum Gasteiger partial charge on any atom is 0.105 e. The Labute approximate surface area is 402 Å². The molecule has 0 aliphatic carbocycles. The number of hydrogen-bond acceptors (Lipinski definition) is 4. The highest BCUT2D eigenvalue weighted by Gasteiger charge is 2.28. The normalized spacial score (nSPS) is 14.1. The van der Waals surface area contributed by atoms with E-state index in [9.17, 15) is 20.4 Å². The SMILES string of the molecule is OC(c1ccc2ccccc2c1)c1cc2ccc3c(C(O)c4ccc5ccccc5c4)cc4c(C(O)c5ccc6ccccc6c5)cc5cc(C(O)c6ccc7ccccc7c6)cc6c(c1)c2c3c4c56. The molecule has 332 valence electrons. The van der Waals surface area contributed by atoms with Gasteiger partial charge in [-0.3, -0.25) is 0 Å². The molecule has 14 aromatic rings. The Balaban J connectivity index is 1.08. The third-order valence-electron chi connectivity index (χ3n) is 15.2. The van der Waals surface area contributed by atoms with Crippen LogP contribution in [0.15, 0.2) is 218 Å². The van der Waals surface area contributed by atoms with Gasteiger partial charge in [0.15, 0.2) is 0 Å². The number of rotatable bonds is 8. The van der Waals surface area contributed by atoms with Crippen LogP contribution in [0.5, 0.6) is 0 Å². The lowest BCUT2D eigenvalue weighted by Crippen LogP contribution is -2.07. The summed E-state index contributed by atoms with van der Waals surface area (Å²) < 4.78 is 0. The van der Waals surface area contributed by atoms with Gasteiger partial charge in [-0.15, -0.1) is 0 Å². The number of benzene rings is 14. The van der Waals surface area contributed by atoms with Gasteiger partial charge in [0.1, 0.15) is 24.4 Å². The Kier molecular flexibility index (Phi) is 9.13. The van der Waals surface area contributed by atoms with E-state index in [4.69, 9.17) is 0 Å². The largest absolute Gasteiger partial charge is 0.384 e. The second-order valence-corrected chi connectivity index (χ2v) is 19.2. The van der Waals surface area contributed by atoms with Gasteiger partial charge < -0.3 is 20.4 Å². The first kappa shape index (κ1) is 40.8. The molecule has 14 rings (SSSR count). The quantitative estimate of drug-likeness (QED) is 0.0905. The van der Waals surface area contributed by atoms with Gasteiger partial charge in [0.25, 0.3) is 0 Å². The minimum Gasteiger partial charge on any atom is -0.384 e. The van der Waals surface area contributed by atoms with Crippen LogP contribution in [-0.2, 0) is 0 Å². The van der Waals surface area contributed by atoms with Gasteiger partial charge in [-0.1, -0.05) is 158 Å². The monoisotopic (exact) mass is 900 g/mol. The van der Waals surface area contributed by atoms with E-state index in [-0.39, 0.29) is 0 Å². The molecule has 4 atom stereocenters. The highest BCUT2D eigenvalue weighted by Crippen LogP contribution is 2.51. The van der Waals surface area contributed by atoms with Crippen LogP contribution in [0.1, 0.15) is 68.9 Å². The molecule has 0 spiro atoms. The molecule has 0 fully saturated rings. The lowest BCUT2D eigenvalue weighted by Gasteiger charge is -2.26. The molecule has 70 heavy (non-hydrogen) atoms. The van der Waals surface area contributed by atoms with Crippen LogP contribution in [0.3, 0.4) is 0 Å². The van der Waals surface area contributed by atoms with Crippen LogP contribution < -0.4 is 0 Å². The second kappa shape index (κ2) is 15.7. The van der Waals surface area contributed by atoms with Crippen molar-refractivity contribution in [3.05, 3.63) is 263 Å². The summed E-state index contributed by atoms with van der Waals surface area (Å²) in [5.74, 6) is 0. The van der Waals surface area contributed by atoms with E-state index in [1.54, 1.807) is 0 Å². The van der Waals surface area contributed by atoms with Crippen molar-refractivity contribution in [2.24, 2.45) is 0 Å². The lowest BCUT2D eigenvalue weighted by atomic mass is 9.79. The van der Waals surface area contributed by atoms with Crippen molar-refractivity contribution >= 4 is 97.0 Å². The molecule has 4 N–H and O–H groups in total. The first-order chi connectivity index (χ1) is 34.3. The molecular formula is C66H44O4. The molecule has 0 heterocycles. The van der Waals surface area contributed by atoms with E-state index in [0.717, 1.165) is 136 Å². The summed E-state index contributed by atoms with van der Waals surface area (Å²) in [6.07, 6.45) is -3.92. The molecule has 0 aliphatic rings. The van der Waals surface area contributed by atoms with Crippen LogP contribution in [0, 0.1) is 0 Å². The van der Waals surface area contributed by atoms with E-state index in [1.165, 1.54) is 0 Å². The summed E-state index contributed by atoms with van der Waals surface area (Å²) in [6, 6.07) is 74.1. The summed E-state index contributed by atoms with van der Waals surface area (Å²) in [6.45, 7) is 0. The Morgan fingerprint density at radius 1 is 0.200 bits per heavy atom. The maximum atomic E-state index is 12.9. The van der Waals surface area contributed by atoms with E-state index in [2.05, 4.69) is 146 Å². The fourth-order valence-corrected chi connectivity index (χ4v) is 11.7. The standard InChI is InChI=1S/C66H44O4/c67-63(46-21-17-37-9-1-5-13-41(37)27-46)51-31-45-25-26-53-58(66(70)49-24-20-40-12-4-8-16-44(40)30-49)36-56-57(65(69)48-23-19-39-11-3-7-15-43(39)29-48)33-50-32-52(35-55-54(34-51)59(45)61(53)62(56)60(50)55)64(68)47-22-18-38-10-2-6-14-42(38)28-47/h1-36,63-70H. The van der Waals surface area contributed by atoms with Crippen LogP contribution in [-0.4, -0.2) is 20.4 Å². The summed E-state index contributed by atoms with van der Waals surface area (Å²) in [5, 5.41) is 68.4. The van der Waals surface area contributed by atoms with Crippen LogP contribution in [0.2, 0.25) is 0 Å². The molecule has 4 heteroatoms. The van der Waals surface area contributed by atoms with Crippen molar-refractivity contribution in [2.75, 3.05) is 0 Å². The van der Waals surface area contributed by atoms with Crippen molar-refractivity contribution < 1.29 is 20.4 Å². The van der Waals surface area contributed by atoms with E-state index < -0.39 is 24.4 Å². The summed E-state index contributed by atoms with van der Waals surface area (Å²) >= 11 is 0. The molecule has 0 amide bonds. The molecule has 0 bridgehead atoms. The van der Waals surface area contributed by atoms with Gasteiger partial charge in [-0.05, 0) is 202 Å². The molecule has 4 unspecified atom stereocenters. The average Bonchev–Trinajstić information content (AvgIpc) is 3.42. The number of aliphatic hydroxyl groups excluding tert-OH is 4. The van der Waals surface area contributed by atoms with E-state index in [1.807, 2.05) is 72.8 Å². The molecule has 0 radical (unpaired) electrons. The smallest absolute Gasteiger partial charge is 0.105 e. The number of hydrogen-bond donors (Lipinski definition) is 4. The highest BCUT2D eigenvalue weighted by atomic mass is 16.3. The lowest BCUT2D eigenvalue weighted by molar-refractivity contribution is 0.220. The number of aliphatic hydroxyl groups is 4. The van der Waals surface area contributed by atoms with Crippen LogP contribution in [0.4, 0.5) is 0 Å². The van der Waals surface area contributed by atoms with Crippen molar-refractivity contribution in [1.29, 1.82) is 0 Å². The van der Waals surface area contributed by atoms with Crippen molar-refractivity contribution in [2.45, 2.75) is 24.4 Å². The zero-order chi connectivity index (χ0) is 46.8. The molecule has 0 aromatic heterocycles. The van der Waals surface area contributed by atoms with Crippen LogP contribution >= 0.6 is 0 Å². The predicted molar refractivity (Wildman–Crippen MR) is 288 cm³/mol. The van der Waals surface area contributed by atoms with E-state index >= 15 is 0 Å². The van der Waals surface area contributed by atoms with Gasteiger partial charge in [0.05, 0.1) is 0 Å². The first-order valence-corrected chi connectivity index (χ1v) is 24.0. The molecule has 0 aliphatic heterocycles. The van der Waals surface area contributed by atoms with Crippen molar-refractivity contribution in [3.63, 3.8) is 0 Å². The molecule has 4 nitrogen and oxygen atoms in total. The third-order valence-corrected chi connectivity index (χ3v) is 15.2. The van der Waals surface area contributed by atoms with Gasteiger partial charge in [-0.25, -0.2) is 0 Å². The molecule has 14 aromatic carbocycles. The zero-order valence-electron chi connectivity index (χ0n) is 37.9. The highest BCUT2D eigenvalue weighted by molar-refractivity contribution is 6.40. The average molecular weight is 901 g/mol. The zero-order valence-corrected chi connectivity index (χ0v) is 37.9. The Morgan fingerprint density at radius 3 is 0.971 bits per heavy atom. The Hall–Kier alpha value is -8.22. The third kappa shape index (κ3) is 6.32. The Bertz CT molecular complexity index is 4380. The van der Waals surface area contributed by atoms with Gasteiger partial charge in [0.2, 0.25) is 0 Å². The minimum absolute atomic E-state index is 0.707. The summed E-state index contributed by atoms with van der Waals surface area (Å²) in [7, 11) is 0. The minimum atomic E-state index is -1.03. The fraction of sp³-hybridized carbons (Fsp3) is 0.0606. The molecule has 0 saturated carbocycles. The van der Waals surface area contributed by atoms with Crippen molar-refractivity contribution in [1.82, 2.24) is 0 Å². The van der Waals surface area contributed by atoms with Gasteiger partial charge >= 0.3 is 0 Å². The number of fused-ring (bicyclic) bond motifs is 5. The Morgan fingerprint density at radius 2 is 0.529 bits per heavy atom. The summed E-state index contributed by atoms with van der Waals surface area (Å²) in [4.78, 5) is 0.